The molecule has 1 saturated heterocycles. The third-order valence-corrected chi connectivity index (χ3v) is 5.16. The SMILES string of the molecule is Cc1ccc(CNCCN2CCSC(C)C2)s1. The first-order valence-electron chi connectivity index (χ1n) is 6.34. The van der Waals surface area contributed by atoms with Crippen LogP contribution >= 0.6 is 23.1 Å². The summed E-state index contributed by atoms with van der Waals surface area (Å²) in [6, 6.07) is 4.43. The van der Waals surface area contributed by atoms with Crippen molar-refractivity contribution in [1.29, 1.82) is 0 Å². The predicted octanol–water partition coefficient (Wildman–Crippen LogP) is 2.58. The average Bonchev–Trinajstić information content (AvgIpc) is 2.71. The molecule has 1 aliphatic rings. The van der Waals surface area contributed by atoms with Crippen molar-refractivity contribution in [3.05, 3.63) is 21.9 Å². The van der Waals surface area contributed by atoms with Crippen LogP contribution in [0.2, 0.25) is 0 Å². The van der Waals surface area contributed by atoms with E-state index < -0.39 is 0 Å². The van der Waals surface area contributed by atoms with E-state index >= 15 is 0 Å². The molecular formula is C13H22N2S2. The zero-order chi connectivity index (χ0) is 12.1. The second kappa shape index (κ2) is 6.78. The summed E-state index contributed by atoms with van der Waals surface area (Å²) in [4.78, 5) is 5.43. The van der Waals surface area contributed by atoms with Crippen LogP contribution in [0.3, 0.4) is 0 Å². The van der Waals surface area contributed by atoms with Gasteiger partial charge in [0, 0.05) is 53.5 Å². The van der Waals surface area contributed by atoms with Crippen molar-refractivity contribution in [1.82, 2.24) is 10.2 Å². The molecule has 2 heterocycles. The number of hydrogen-bond donors (Lipinski definition) is 1. The average molecular weight is 270 g/mol. The van der Waals surface area contributed by atoms with Crippen LogP contribution in [-0.4, -0.2) is 42.1 Å². The minimum absolute atomic E-state index is 0.809. The molecule has 1 fully saturated rings. The normalized spacial score (nSPS) is 21.9. The van der Waals surface area contributed by atoms with Gasteiger partial charge in [-0.15, -0.1) is 11.3 Å². The second-order valence-corrected chi connectivity index (χ2v) is 7.59. The van der Waals surface area contributed by atoms with Crippen LogP contribution in [0.15, 0.2) is 12.1 Å². The van der Waals surface area contributed by atoms with Crippen LogP contribution in [0.1, 0.15) is 16.7 Å². The highest BCUT2D eigenvalue weighted by atomic mass is 32.2. The van der Waals surface area contributed by atoms with Gasteiger partial charge in [0.15, 0.2) is 0 Å². The first-order valence-corrected chi connectivity index (χ1v) is 8.20. The Hall–Kier alpha value is -0.0300. The minimum atomic E-state index is 0.809. The Bertz CT molecular complexity index is 338. The van der Waals surface area contributed by atoms with Gasteiger partial charge >= 0.3 is 0 Å². The van der Waals surface area contributed by atoms with Crippen molar-refractivity contribution in [3.63, 3.8) is 0 Å². The van der Waals surface area contributed by atoms with Gasteiger partial charge in [0.1, 0.15) is 0 Å². The van der Waals surface area contributed by atoms with E-state index in [-0.39, 0.29) is 0 Å². The highest BCUT2D eigenvalue weighted by molar-refractivity contribution is 7.99. The summed E-state index contributed by atoms with van der Waals surface area (Å²) in [5.41, 5.74) is 0. The highest BCUT2D eigenvalue weighted by Crippen LogP contribution is 2.17. The molecule has 0 saturated carbocycles. The van der Waals surface area contributed by atoms with Gasteiger partial charge in [-0.25, -0.2) is 0 Å². The van der Waals surface area contributed by atoms with E-state index in [2.05, 4.69) is 48.0 Å². The Morgan fingerprint density at radius 1 is 1.47 bits per heavy atom. The fourth-order valence-corrected chi connectivity index (χ4v) is 4.06. The summed E-state index contributed by atoms with van der Waals surface area (Å²) in [5, 5.41) is 4.35. The van der Waals surface area contributed by atoms with Gasteiger partial charge in [-0.2, -0.15) is 11.8 Å². The van der Waals surface area contributed by atoms with E-state index in [0.29, 0.717) is 0 Å². The molecule has 2 nitrogen and oxygen atoms in total. The number of thiophene rings is 1. The van der Waals surface area contributed by atoms with Gasteiger partial charge in [0.25, 0.3) is 0 Å². The molecule has 0 radical (unpaired) electrons. The molecule has 1 atom stereocenters. The van der Waals surface area contributed by atoms with Gasteiger partial charge < -0.3 is 10.2 Å². The summed E-state index contributed by atoms with van der Waals surface area (Å²) < 4.78 is 0. The summed E-state index contributed by atoms with van der Waals surface area (Å²) in [6.45, 7) is 10.3. The van der Waals surface area contributed by atoms with Gasteiger partial charge in [-0.1, -0.05) is 6.92 Å². The van der Waals surface area contributed by atoms with Gasteiger partial charge in [0.2, 0.25) is 0 Å². The Labute approximate surface area is 113 Å². The third-order valence-electron chi connectivity index (χ3n) is 3.03. The van der Waals surface area contributed by atoms with Crippen LogP contribution in [0.4, 0.5) is 0 Å². The molecule has 0 aliphatic carbocycles. The summed E-state index contributed by atoms with van der Waals surface area (Å²) in [6.07, 6.45) is 0. The smallest absolute Gasteiger partial charge is 0.0300 e. The lowest BCUT2D eigenvalue weighted by atomic mass is 10.3. The monoisotopic (exact) mass is 270 g/mol. The zero-order valence-electron chi connectivity index (χ0n) is 10.7. The molecule has 1 N–H and O–H groups in total. The van der Waals surface area contributed by atoms with Gasteiger partial charge in [-0.05, 0) is 19.1 Å². The molecular weight excluding hydrogens is 248 g/mol. The van der Waals surface area contributed by atoms with E-state index in [1.165, 1.54) is 35.1 Å². The summed E-state index contributed by atoms with van der Waals surface area (Å²) in [7, 11) is 0. The molecule has 96 valence electrons. The number of hydrogen-bond acceptors (Lipinski definition) is 4. The molecule has 2 rings (SSSR count). The lowest BCUT2D eigenvalue weighted by Gasteiger charge is -2.30. The number of nitrogens with zero attached hydrogens (tertiary/aromatic N) is 1. The Morgan fingerprint density at radius 2 is 2.35 bits per heavy atom. The molecule has 0 bridgehead atoms. The molecule has 4 heteroatoms. The van der Waals surface area contributed by atoms with E-state index in [0.717, 1.165) is 18.3 Å². The highest BCUT2D eigenvalue weighted by Gasteiger charge is 2.15. The fraction of sp³-hybridized carbons (Fsp3) is 0.692. The van der Waals surface area contributed by atoms with Crippen LogP contribution in [0.25, 0.3) is 0 Å². The first kappa shape index (κ1) is 13.4. The van der Waals surface area contributed by atoms with Gasteiger partial charge in [-0.3, -0.25) is 0 Å². The van der Waals surface area contributed by atoms with Crippen LogP contribution < -0.4 is 5.32 Å². The minimum Gasteiger partial charge on any atom is -0.311 e. The summed E-state index contributed by atoms with van der Waals surface area (Å²) in [5.74, 6) is 1.30. The van der Waals surface area contributed by atoms with Crippen molar-refractivity contribution in [3.8, 4) is 0 Å². The molecule has 0 spiro atoms. The van der Waals surface area contributed by atoms with Crippen LogP contribution in [0, 0.1) is 6.92 Å². The number of nitrogens with one attached hydrogen (secondary N) is 1. The molecule has 1 aliphatic heterocycles. The Morgan fingerprint density at radius 3 is 3.06 bits per heavy atom. The zero-order valence-corrected chi connectivity index (χ0v) is 12.4. The van der Waals surface area contributed by atoms with E-state index in [9.17, 15) is 0 Å². The van der Waals surface area contributed by atoms with Crippen molar-refractivity contribution in [2.75, 3.05) is 31.9 Å². The maximum atomic E-state index is 3.54. The Balaban J connectivity index is 1.59. The number of thioether (sulfide) groups is 1. The van der Waals surface area contributed by atoms with E-state index in [1.807, 2.05) is 11.3 Å². The molecule has 1 unspecified atom stereocenters. The van der Waals surface area contributed by atoms with E-state index in [1.54, 1.807) is 0 Å². The van der Waals surface area contributed by atoms with Crippen LogP contribution in [0.5, 0.6) is 0 Å². The van der Waals surface area contributed by atoms with Crippen molar-refractivity contribution < 1.29 is 0 Å². The van der Waals surface area contributed by atoms with Crippen molar-refractivity contribution in [2.24, 2.45) is 0 Å². The fourth-order valence-electron chi connectivity index (χ4n) is 2.12. The van der Waals surface area contributed by atoms with Crippen molar-refractivity contribution >= 4 is 23.1 Å². The Kier molecular flexibility index (Phi) is 5.35. The number of rotatable bonds is 5. The molecule has 1 aromatic rings. The van der Waals surface area contributed by atoms with Crippen molar-refractivity contribution in [2.45, 2.75) is 25.6 Å². The van der Waals surface area contributed by atoms with E-state index in [4.69, 9.17) is 0 Å². The first-order chi connectivity index (χ1) is 8.24. The van der Waals surface area contributed by atoms with Crippen LogP contribution in [-0.2, 0) is 6.54 Å². The quantitative estimate of drug-likeness (QED) is 0.828. The molecule has 0 amide bonds. The maximum absolute atomic E-state index is 3.54. The van der Waals surface area contributed by atoms with Gasteiger partial charge in [0.05, 0.1) is 0 Å². The molecule has 17 heavy (non-hydrogen) atoms. The third kappa shape index (κ3) is 4.62. The molecule has 0 aromatic carbocycles. The topological polar surface area (TPSA) is 15.3 Å². The largest absolute Gasteiger partial charge is 0.311 e. The maximum Gasteiger partial charge on any atom is 0.0300 e. The summed E-state index contributed by atoms with van der Waals surface area (Å²) >= 11 is 3.99. The predicted molar refractivity (Wildman–Crippen MR) is 79.1 cm³/mol. The lowest BCUT2D eigenvalue weighted by Crippen LogP contribution is -2.40. The molecule has 1 aromatic heterocycles. The number of aryl methyl sites for hydroxylation is 1. The second-order valence-electron chi connectivity index (χ2n) is 4.67. The standard InChI is InChI=1S/C13H22N2S2/c1-11-3-4-13(17-11)9-14-5-6-15-7-8-16-12(2)10-15/h3-4,12,14H,5-10H2,1-2H3. The lowest BCUT2D eigenvalue weighted by molar-refractivity contribution is 0.285.